The first kappa shape index (κ1) is 23.1. The Morgan fingerprint density at radius 2 is 2.03 bits per heavy atom. The van der Waals surface area contributed by atoms with Gasteiger partial charge in [-0.1, -0.05) is 69.3 Å². The van der Waals surface area contributed by atoms with Crippen molar-refractivity contribution in [2.75, 3.05) is 19.6 Å². The SMILES string of the molecule is C=C(NCCCN1CCCCC1CC)c1ccc2c(c1)N=C(CCC)c1ccccc1S2. The minimum atomic E-state index is 0.785. The molecule has 0 radical (unpaired) electrons. The lowest BCUT2D eigenvalue weighted by molar-refractivity contribution is 0.143. The van der Waals surface area contributed by atoms with Crippen molar-refractivity contribution in [1.29, 1.82) is 0 Å². The Morgan fingerprint density at radius 1 is 1.16 bits per heavy atom. The second-order valence-corrected chi connectivity index (χ2v) is 10.0. The van der Waals surface area contributed by atoms with Crippen LogP contribution in [0.25, 0.3) is 5.70 Å². The zero-order valence-electron chi connectivity index (χ0n) is 19.7. The summed E-state index contributed by atoms with van der Waals surface area (Å²) >= 11 is 1.82. The highest BCUT2D eigenvalue weighted by Crippen LogP contribution is 2.41. The topological polar surface area (TPSA) is 27.6 Å². The van der Waals surface area contributed by atoms with Crippen molar-refractivity contribution in [3.63, 3.8) is 0 Å². The van der Waals surface area contributed by atoms with Gasteiger partial charge in [-0.2, -0.15) is 0 Å². The summed E-state index contributed by atoms with van der Waals surface area (Å²) in [6.07, 6.45) is 8.64. The zero-order chi connectivity index (χ0) is 22.3. The van der Waals surface area contributed by atoms with Gasteiger partial charge in [-0.25, -0.2) is 0 Å². The molecule has 0 saturated carbocycles. The fraction of sp³-hybridized carbons (Fsp3) is 0.464. The maximum absolute atomic E-state index is 5.11. The highest BCUT2D eigenvalue weighted by Gasteiger charge is 2.20. The first-order valence-corrected chi connectivity index (χ1v) is 13.2. The maximum Gasteiger partial charge on any atom is 0.0779 e. The van der Waals surface area contributed by atoms with Gasteiger partial charge in [-0.05, 0) is 62.4 Å². The summed E-state index contributed by atoms with van der Waals surface area (Å²) < 4.78 is 0. The number of benzene rings is 2. The molecule has 4 heteroatoms. The fourth-order valence-corrected chi connectivity index (χ4v) is 5.89. The van der Waals surface area contributed by atoms with E-state index in [1.165, 1.54) is 59.8 Å². The van der Waals surface area contributed by atoms with E-state index in [1.54, 1.807) is 0 Å². The van der Waals surface area contributed by atoms with E-state index in [-0.39, 0.29) is 0 Å². The molecule has 2 aliphatic rings. The molecule has 0 aliphatic carbocycles. The van der Waals surface area contributed by atoms with E-state index in [9.17, 15) is 0 Å². The van der Waals surface area contributed by atoms with E-state index >= 15 is 0 Å². The van der Waals surface area contributed by atoms with Crippen LogP contribution in [0, 0.1) is 0 Å². The van der Waals surface area contributed by atoms with Gasteiger partial charge in [0, 0.05) is 45.9 Å². The Balaban J connectivity index is 1.40. The minimum Gasteiger partial charge on any atom is -0.385 e. The molecule has 1 saturated heterocycles. The summed E-state index contributed by atoms with van der Waals surface area (Å²) in [6.45, 7) is 12.3. The average molecular weight is 448 g/mol. The van der Waals surface area contributed by atoms with Crippen LogP contribution >= 0.6 is 11.8 Å². The largest absolute Gasteiger partial charge is 0.385 e. The molecule has 1 atom stereocenters. The molecule has 1 unspecified atom stereocenters. The molecule has 0 aromatic heterocycles. The molecule has 2 aromatic rings. The van der Waals surface area contributed by atoms with E-state index < -0.39 is 0 Å². The summed E-state index contributed by atoms with van der Waals surface area (Å²) in [5, 5.41) is 3.57. The average Bonchev–Trinajstić information content (AvgIpc) is 2.98. The smallest absolute Gasteiger partial charge is 0.0779 e. The molecule has 170 valence electrons. The standard InChI is InChI=1S/C28H37N3S/c1-4-11-25-24-13-6-7-14-27(24)32-28-16-15-22(20-26(28)30-25)21(3)29-17-10-19-31-18-9-8-12-23(31)5-2/h6-7,13-16,20,23,29H,3-5,8-12,17-19H2,1-2H3. The van der Waals surface area contributed by atoms with Crippen LogP contribution in [0.15, 0.2) is 63.8 Å². The van der Waals surface area contributed by atoms with Crippen LogP contribution in [0.4, 0.5) is 5.69 Å². The second kappa shape index (κ2) is 11.2. The third kappa shape index (κ3) is 5.47. The quantitative estimate of drug-likeness (QED) is 0.409. The van der Waals surface area contributed by atoms with Gasteiger partial charge < -0.3 is 10.2 Å². The summed E-state index contributed by atoms with van der Waals surface area (Å²) in [4.78, 5) is 10.3. The van der Waals surface area contributed by atoms with E-state index in [0.717, 1.165) is 48.8 Å². The Labute approximate surface area is 198 Å². The van der Waals surface area contributed by atoms with E-state index in [2.05, 4.69) is 73.1 Å². The van der Waals surface area contributed by atoms with Crippen molar-refractivity contribution in [1.82, 2.24) is 10.2 Å². The van der Waals surface area contributed by atoms with Crippen LogP contribution < -0.4 is 5.32 Å². The number of nitrogens with zero attached hydrogens (tertiary/aromatic N) is 2. The van der Waals surface area contributed by atoms with Crippen LogP contribution in [0.2, 0.25) is 0 Å². The number of likely N-dealkylation sites (tertiary alicyclic amines) is 1. The molecule has 3 nitrogen and oxygen atoms in total. The number of piperidine rings is 1. The molecule has 4 rings (SSSR count). The van der Waals surface area contributed by atoms with Crippen LogP contribution in [-0.2, 0) is 0 Å². The number of hydrogen-bond acceptors (Lipinski definition) is 4. The minimum absolute atomic E-state index is 0.785. The predicted octanol–water partition coefficient (Wildman–Crippen LogP) is 7.29. The van der Waals surface area contributed by atoms with Crippen LogP contribution in [0.3, 0.4) is 0 Å². The van der Waals surface area contributed by atoms with E-state index in [0.29, 0.717) is 0 Å². The van der Waals surface area contributed by atoms with Crippen molar-refractivity contribution in [3.8, 4) is 0 Å². The summed E-state index contributed by atoms with van der Waals surface area (Å²) in [5.41, 5.74) is 5.67. The lowest BCUT2D eigenvalue weighted by Crippen LogP contribution is -2.40. The predicted molar refractivity (Wildman–Crippen MR) is 139 cm³/mol. The van der Waals surface area contributed by atoms with Gasteiger partial charge in [0.2, 0.25) is 0 Å². The molecular formula is C28H37N3S. The normalized spacial score (nSPS) is 18.3. The fourth-order valence-electron chi connectivity index (χ4n) is 4.86. The van der Waals surface area contributed by atoms with Crippen molar-refractivity contribution in [2.24, 2.45) is 4.99 Å². The van der Waals surface area contributed by atoms with Gasteiger partial charge in [0.1, 0.15) is 0 Å². The lowest BCUT2D eigenvalue weighted by atomic mass is 10.00. The monoisotopic (exact) mass is 447 g/mol. The third-order valence-corrected chi connectivity index (χ3v) is 7.79. The van der Waals surface area contributed by atoms with Crippen LogP contribution in [-0.4, -0.2) is 36.3 Å². The van der Waals surface area contributed by atoms with Crippen LogP contribution in [0.5, 0.6) is 0 Å². The Morgan fingerprint density at radius 3 is 2.88 bits per heavy atom. The molecule has 0 bridgehead atoms. The van der Waals surface area contributed by atoms with Gasteiger partial charge in [0.15, 0.2) is 0 Å². The highest BCUT2D eigenvalue weighted by atomic mass is 32.2. The molecule has 0 spiro atoms. The summed E-state index contributed by atoms with van der Waals surface area (Å²) in [7, 11) is 0. The second-order valence-electron chi connectivity index (χ2n) is 8.94. The highest BCUT2D eigenvalue weighted by molar-refractivity contribution is 7.99. The first-order chi connectivity index (χ1) is 15.7. The van der Waals surface area contributed by atoms with Crippen molar-refractivity contribution < 1.29 is 0 Å². The number of hydrogen-bond donors (Lipinski definition) is 1. The summed E-state index contributed by atoms with van der Waals surface area (Å²) in [6, 6.07) is 16.0. The molecule has 1 N–H and O–H groups in total. The molecular weight excluding hydrogens is 410 g/mol. The van der Waals surface area contributed by atoms with Crippen molar-refractivity contribution in [3.05, 3.63) is 60.2 Å². The van der Waals surface area contributed by atoms with Gasteiger partial charge in [0.05, 0.1) is 5.69 Å². The number of fused-ring (bicyclic) bond motifs is 2. The van der Waals surface area contributed by atoms with Gasteiger partial charge in [-0.15, -0.1) is 0 Å². The molecule has 2 aliphatic heterocycles. The molecule has 32 heavy (non-hydrogen) atoms. The zero-order valence-corrected chi connectivity index (χ0v) is 20.5. The Kier molecular flexibility index (Phi) is 8.10. The summed E-state index contributed by atoms with van der Waals surface area (Å²) in [5.74, 6) is 0. The Hall–Kier alpha value is -2.04. The first-order valence-electron chi connectivity index (χ1n) is 12.4. The maximum atomic E-state index is 5.11. The Bertz CT molecular complexity index is 965. The number of nitrogens with one attached hydrogen (secondary N) is 1. The molecule has 1 fully saturated rings. The number of rotatable bonds is 9. The van der Waals surface area contributed by atoms with Gasteiger partial charge >= 0.3 is 0 Å². The lowest BCUT2D eigenvalue weighted by Gasteiger charge is -2.35. The van der Waals surface area contributed by atoms with Crippen molar-refractivity contribution in [2.45, 2.75) is 74.6 Å². The van der Waals surface area contributed by atoms with Gasteiger partial charge in [-0.3, -0.25) is 4.99 Å². The van der Waals surface area contributed by atoms with E-state index in [1.807, 2.05) is 11.8 Å². The molecule has 2 aromatic carbocycles. The molecule has 2 heterocycles. The van der Waals surface area contributed by atoms with Crippen molar-refractivity contribution >= 4 is 28.9 Å². The molecule has 0 amide bonds. The van der Waals surface area contributed by atoms with Gasteiger partial charge in [0.25, 0.3) is 0 Å². The third-order valence-electron chi connectivity index (χ3n) is 6.65. The van der Waals surface area contributed by atoms with Crippen LogP contribution in [0.1, 0.15) is 69.9 Å². The van der Waals surface area contributed by atoms with E-state index in [4.69, 9.17) is 4.99 Å². The number of aliphatic imine (C=N–C) groups is 1.